The highest BCUT2D eigenvalue weighted by Crippen LogP contribution is 2.21. The summed E-state index contributed by atoms with van der Waals surface area (Å²) in [5.74, 6) is 0.333. The van der Waals surface area contributed by atoms with Crippen LogP contribution in [0.3, 0.4) is 0 Å². The summed E-state index contributed by atoms with van der Waals surface area (Å²) in [6.07, 6.45) is 3.58. The van der Waals surface area contributed by atoms with Crippen LogP contribution in [0.4, 0.5) is 0 Å². The highest BCUT2D eigenvalue weighted by atomic mass is 32.2. The normalized spacial score (nSPS) is 17.4. The van der Waals surface area contributed by atoms with Gasteiger partial charge < -0.3 is 5.32 Å². The van der Waals surface area contributed by atoms with Gasteiger partial charge in [-0.3, -0.25) is 4.79 Å². The molecule has 0 bridgehead atoms. The molecule has 5 nitrogen and oxygen atoms in total. The molecule has 0 radical (unpaired) electrons. The molecule has 6 heteroatoms. The maximum Gasteiger partial charge on any atom is 0.224 e. The summed E-state index contributed by atoms with van der Waals surface area (Å²) in [6, 6.07) is 18.5. The van der Waals surface area contributed by atoms with Gasteiger partial charge in [0.1, 0.15) is 0 Å². The maximum absolute atomic E-state index is 12.8. The highest BCUT2D eigenvalue weighted by Gasteiger charge is 2.31. The number of piperidine rings is 1. The minimum Gasteiger partial charge on any atom is -0.355 e. The molecule has 0 saturated carbocycles. The smallest absolute Gasteiger partial charge is 0.224 e. The Bertz CT molecular complexity index is 956. The number of carbonyl (C=O) groups excluding carboxylic acids is 1. The second kappa shape index (κ2) is 11.6. The van der Waals surface area contributed by atoms with Crippen molar-refractivity contribution in [2.45, 2.75) is 51.9 Å². The van der Waals surface area contributed by atoms with E-state index in [1.54, 1.807) is 0 Å². The summed E-state index contributed by atoms with van der Waals surface area (Å²) in [7, 11) is -3.34. The lowest BCUT2D eigenvalue weighted by Crippen LogP contribution is -2.46. The summed E-state index contributed by atoms with van der Waals surface area (Å²) in [4.78, 5) is 12.7. The summed E-state index contributed by atoms with van der Waals surface area (Å²) < 4.78 is 27.1. The van der Waals surface area contributed by atoms with E-state index in [1.807, 2.05) is 30.3 Å². The molecule has 0 aliphatic carbocycles. The van der Waals surface area contributed by atoms with Crippen molar-refractivity contribution in [2.24, 2.45) is 5.92 Å². The van der Waals surface area contributed by atoms with Crippen molar-refractivity contribution in [1.29, 1.82) is 0 Å². The van der Waals surface area contributed by atoms with Crippen molar-refractivity contribution in [3.05, 3.63) is 71.3 Å². The first-order chi connectivity index (χ1) is 15.3. The molecule has 1 saturated heterocycles. The van der Waals surface area contributed by atoms with E-state index in [2.05, 4.69) is 43.4 Å². The van der Waals surface area contributed by atoms with E-state index in [4.69, 9.17) is 0 Å². The van der Waals surface area contributed by atoms with Gasteiger partial charge in [0, 0.05) is 19.6 Å². The SMILES string of the molecule is CC(C)c1ccc(CCNC(=O)[C@H]2CCCN(S(=O)(=O)CCCc3ccccc3)C2)cc1. The van der Waals surface area contributed by atoms with Crippen molar-refractivity contribution in [3.63, 3.8) is 0 Å². The molecular weight excluding hydrogens is 420 g/mol. The average molecular weight is 457 g/mol. The van der Waals surface area contributed by atoms with E-state index in [9.17, 15) is 13.2 Å². The number of amides is 1. The topological polar surface area (TPSA) is 66.5 Å². The van der Waals surface area contributed by atoms with Crippen LogP contribution in [0, 0.1) is 5.92 Å². The molecule has 0 aromatic heterocycles. The van der Waals surface area contributed by atoms with Gasteiger partial charge in [0.25, 0.3) is 0 Å². The standard InChI is InChI=1S/C26H36N2O3S/c1-21(2)24-14-12-23(13-15-24)16-17-27-26(29)25-11-6-18-28(20-25)32(30,31)19-7-10-22-8-4-3-5-9-22/h3-5,8-9,12-15,21,25H,6-7,10-11,16-20H2,1-2H3,(H,27,29)/t25-/m0/s1. The number of rotatable bonds is 10. The number of hydrogen-bond donors (Lipinski definition) is 1. The lowest BCUT2D eigenvalue weighted by molar-refractivity contribution is -0.126. The van der Waals surface area contributed by atoms with Gasteiger partial charge in [-0.05, 0) is 54.7 Å². The maximum atomic E-state index is 12.8. The number of benzene rings is 2. The highest BCUT2D eigenvalue weighted by molar-refractivity contribution is 7.89. The fraction of sp³-hybridized carbons (Fsp3) is 0.500. The van der Waals surface area contributed by atoms with E-state index < -0.39 is 10.0 Å². The molecular formula is C26H36N2O3S. The van der Waals surface area contributed by atoms with E-state index in [0.717, 1.165) is 31.2 Å². The van der Waals surface area contributed by atoms with Crippen LogP contribution in [-0.2, 0) is 27.7 Å². The molecule has 2 aromatic carbocycles. The van der Waals surface area contributed by atoms with Crippen LogP contribution in [0.25, 0.3) is 0 Å². The van der Waals surface area contributed by atoms with Crippen molar-refractivity contribution in [3.8, 4) is 0 Å². The fourth-order valence-electron chi connectivity index (χ4n) is 4.19. The first-order valence-corrected chi connectivity index (χ1v) is 13.3. The molecule has 0 spiro atoms. The zero-order chi connectivity index (χ0) is 23.0. The Morgan fingerprint density at radius 2 is 1.72 bits per heavy atom. The van der Waals surface area contributed by atoms with Crippen molar-refractivity contribution in [1.82, 2.24) is 9.62 Å². The second-order valence-electron chi connectivity index (χ2n) is 9.04. The van der Waals surface area contributed by atoms with E-state index in [0.29, 0.717) is 32.0 Å². The molecule has 1 fully saturated rings. The van der Waals surface area contributed by atoms with Gasteiger partial charge in [-0.1, -0.05) is 68.4 Å². The minimum atomic E-state index is -3.34. The Balaban J connectivity index is 1.44. The number of aryl methyl sites for hydroxylation is 1. The largest absolute Gasteiger partial charge is 0.355 e. The number of nitrogens with one attached hydrogen (secondary N) is 1. The predicted molar refractivity (Wildman–Crippen MR) is 130 cm³/mol. The van der Waals surface area contributed by atoms with Crippen molar-refractivity contribution < 1.29 is 13.2 Å². The molecule has 174 valence electrons. The van der Waals surface area contributed by atoms with Gasteiger partial charge in [-0.25, -0.2) is 12.7 Å². The average Bonchev–Trinajstić information content (AvgIpc) is 2.80. The molecule has 1 amide bonds. The lowest BCUT2D eigenvalue weighted by Gasteiger charge is -2.31. The third-order valence-electron chi connectivity index (χ3n) is 6.22. The first-order valence-electron chi connectivity index (χ1n) is 11.7. The third-order valence-corrected chi connectivity index (χ3v) is 8.14. The van der Waals surface area contributed by atoms with Gasteiger partial charge in [0.2, 0.25) is 15.9 Å². The molecule has 1 atom stereocenters. The lowest BCUT2D eigenvalue weighted by atomic mass is 9.98. The van der Waals surface area contributed by atoms with Crippen LogP contribution in [0.15, 0.2) is 54.6 Å². The van der Waals surface area contributed by atoms with Crippen molar-refractivity contribution >= 4 is 15.9 Å². The number of nitrogens with zero attached hydrogens (tertiary/aromatic N) is 1. The molecule has 3 rings (SSSR count). The molecule has 1 N–H and O–H groups in total. The van der Waals surface area contributed by atoms with Crippen molar-refractivity contribution in [2.75, 3.05) is 25.4 Å². The van der Waals surface area contributed by atoms with Crippen LogP contribution in [0.1, 0.15) is 55.7 Å². The Hall–Kier alpha value is -2.18. The van der Waals surface area contributed by atoms with E-state index in [-0.39, 0.29) is 17.6 Å². The third kappa shape index (κ3) is 7.17. The monoisotopic (exact) mass is 456 g/mol. The van der Waals surface area contributed by atoms with Gasteiger partial charge in [-0.2, -0.15) is 0 Å². The minimum absolute atomic E-state index is 0.0343. The molecule has 1 heterocycles. The van der Waals surface area contributed by atoms with Gasteiger partial charge in [-0.15, -0.1) is 0 Å². The van der Waals surface area contributed by atoms with E-state index in [1.165, 1.54) is 15.4 Å². The molecule has 32 heavy (non-hydrogen) atoms. The summed E-state index contributed by atoms with van der Waals surface area (Å²) in [5, 5.41) is 3.01. The van der Waals surface area contributed by atoms with Crippen LogP contribution in [0.2, 0.25) is 0 Å². The Kier molecular flexibility index (Phi) is 8.88. The van der Waals surface area contributed by atoms with Gasteiger partial charge >= 0.3 is 0 Å². The number of hydrogen-bond acceptors (Lipinski definition) is 3. The van der Waals surface area contributed by atoms with Gasteiger partial charge in [0.15, 0.2) is 0 Å². The molecule has 2 aromatic rings. The van der Waals surface area contributed by atoms with E-state index >= 15 is 0 Å². The Morgan fingerprint density at radius 1 is 1.03 bits per heavy atom. The van der Waals surface area contributed by atoms with Crippen LogP contribution < -0.4 is 5.32 Å². The van der Waals surface area contributed by atoms with Crippen LogP contribution >= 0.6 is 0 Å². The van der Waals surface area contributed by atoms with Crippen LogP contribution in [-0.4, -0.2) is 44.0 Å². The predicted octanol–water partition coefficient (Wildman–Crippen LogP) is 4.14. The first kappa shape index (κ1) is 24.5. The quantitative estimate of drug-likeness (QED) is 0.584. The molecule has 0 unspecified atom stereocenters. The summed E-state index contributed by atoms with van der Waals surface area (Å²) in [5.41, 5.74) is 3.66. The Morgan fingerprint density at radius 3 is 2.41 bits per heavy atom. The summed E-state index contributed by atoms with van der Waals surface area (Å²) >= 11 is 0. The zero-order valence-electron chi connectivity index (χ0n) is 19.3. The Labute approximate surface area is 193 Å². The number of carbonyl (C=O) groups is 1. The molecule has 1 aliphatic rings. The van der Waals surface area contributed by atoms with Gasteiger partial charge in [0.05, 0.1) is 11.7 Å². The molecule has 1 aliphatic heterocycles. The van der Waals surface area contributed by atoms with Crippen LogP contribution in [0.5, 0.6) is 0 Å². The number of sulfonamides is 1. The fourth-order valence-corrected chi connectivity index (χ4v) is 5.77. The summed E-state index contributed by atoms with van der Waals surface area (Å²) in [6.45, 7) is 5.72. The second-order valence-corrected chi connectivity index (χ2v) is 11.1. The zero-order valence-corrected chi connectivity index (χ0v) is 20.1.